The van der Waals surface area contributed by atoms with Gasteiger partial charge in [-0.1, -0.05) is 46.9 Å². The lowest BCUT2D eigenvalue weighted by Gasteiger charge is -2.12. The summed E-state index contributed by atoms with van der Waals surface area (Å²) in [6.07, 6.45) is 0.906. The maximum atomic E-state index is 5.75. The molecule has 7 heteroatoms. The molecule has 0 unspecified atom stereocenters. The van der Waals surface area contributed by atoms with E-state index < -0.39 is 3.79 Å². The highest BCUT2D eigenvalue weighted by Crippen LogP contribution is 2.40. The average Bonchev–Trinajstić information content (AvgIpc) is 2.31. The third kappa shape index (κ3) is 2.72. The minimum absolute atomic E-state index is 0.472. The van der Waals surface area contributed by atoms with Gasteiger partial charge in [0.15, 0.2) is 4.60 Å². The van der Waals surface area contributed by atoms with E-state index in [1.807, 2.05) is 6.92 Å². The van der Waals surface area contributed by atoms with Crippen molar-refractivity contribution in [2.45, 2.75) is 23.7 Å². The van der Waals surface area contributed by atoms with Crippen molar-refractivity contribution in [2.24, 2.45) is 0 Å². The van der Waals surface area contributed by atoms with Gasteiger partial charge in [0, 0.05) is 6.54 Å². The molecule has 0 saturated heterocycles. The number of hydrogen-bond acceptors (Lipinski definition) is 2. The van der Waals surface area contributed by atoms with Gasteiger partial charge in [-0.3, -0.25) is 0 Å². The van der Waals surface area contributed by atoms with Gasteiger partial charge in [0.2, 0.25) is 3.79 Å². The van der Waals surface area contributed by atoms with E-state index in [4.69, 9.17) is 34.8 Å². The maximum absolute atomic E-state index is 5.75. The van der Waals surface area contributed by atoms with Crippen LogP contribution in [0.1, 0.15) is 19.0 Å². The Hall–Kier alpha value is 0.490. The summed E-state index contributed by atoms with van der Waals surface area (Å²) in [6.45, 7) is 2.69. The topological polar surface area (TPSA) is 30.7 Å². The van der Waals surface area contributed by atoms with E-state index in [0.29, 0.717) is 16.8 Å². The van der Waals surface area contributed by atoms with Crippen molar-refractivity contribution in [3.05, 3.63) is 10.3 Å². The summed E-state index contributed by atoms with van der Waals surface area (Å²) in [4.78, 5) is 0. The standard InChI is InChI=1S/C6H7BrCl3N3/c1-2-3-13-4(6(8,9)10)5(7)11-12-13/h2-3H2,1H3. The molecule has 0 aliphatic rings. The Morgan fingerprint density at radius 3 is 2.54 bits per heavy atom. The van der Waals surface area contributed by atoms with Crippen LogP contribution >= 0.6 is 50.7 Å². The van der Waals surface area contributed by atoms with Crippen LogP contribution in [0.25, 0.3) is 0 Å². The molecule has 1 heterocycles. The van der Waals surface area contributed by atoms with Crippen molar-refractivity contribution in [3.63, 3.8) is 0 Å². The molecule has 0 atom stereocenters. The Morgan fingerprint density at radius 1 is 1.46 bits per heavy atom. The smallest absolute Gasteiger partial charge is 0.235 e. The Balaban J connectivity index is 3.09. The first kappa shape index (κ1) is 11.6. The second kappa shape index (κ2) is 4.34. The summed E-state index contributed by atoms with van der Waals surface area (Å²) in [6, 6.07) is 0. The third-order valence-corrected chi connectivity index (χ3v) is 2.47. The van der Waals surface area contributed by atoms with Gasteiger partial charge in [-0.15, -0.1) is 5.10 Å². The first-order valence-corrected chi connectivity index (χ1v) is 5.55. The summed E-state index contributed by atoms with van der Waals surface area (Å²) in [5.74, 6) is 0. The maximum Gasteiger partial charge on any atom is 0.235 e. The highest BCUT2D eigenvalue weighted by atomic mass is 79.9. The van der Waals surface area contributed by atoms with Gasteiger partial charge in [-0.2, -0.15) is 0 Å². The van der Waals surface area contributed by atoms with Gasteiger partial charge in [-0.25, -0.2) is 4.68 Å². The number of alkyl halides is 3. The van der Waals surface area contributed by atoms with Crippen LogP contribution in [-0.4, -0.2) is 15.0 Å². The summed E-state index contributed by atoms with van der Waals surface area (Å²) in [5.41, 5.74) is 0.472. The molecule has 3 nitrogen and oxygen atoms in total. The molecule has 0 aliphatic heterocycles. The molecule has 0 N–H and O–H groups in total. The fourth-order valence-electron chi connectivity index (χ4n) is 0.923. The molecule has 0 fully saturated rings. The van der Waals surface area contributed by atoms with Crippen molar-refractivity contribution >= 4 is 50.7 Å². The van der Waals surface area contributed by atoms with E-state index in [1.165, 1.54) is 0 Å². The highest BCUT2D eigenvalue weighted by molar-refractivity contribution is 9.10. The predicted molar refractivity (Wildman–Crippen MR) is 57.3 cm³/mol. The first-order chi connectivity index (χ1) is 5.96. The number of hydrogen-bond donors (Lipinski definition) is 0. The number of halogens is 4. The molecule has 0 amide bonds. The SMILES string of the molecule is CCCn1nnc(Br)c1C(Cl)(Cl)Cl. The predicted octanol–water partition coefficient (Wildman–Crippen LogP) is 3.28. The van der Waals surface area contributed by atoms with Crippen LogP contribution in [0.15, 0.2) is 4.60 Å². The molecule has 13 heavy (non-hydrogen) atoms. The summed E-state index contributed by atoms with van der Waals surface area (Å²) in [7, 11) is 0. The lowest BCUT2D eigenvalue weighted by Crippen LogP contribution is -2.12. The molecule has 0 aromatic carbocycles. The van der Waals surface area contributed by atoms with E-state index in [-0.39, 0.29) is 0 Å². The molecule has 0 bridgehead atoms. The number of rotatable bonds is 2. The third-order valence-electron chi connectivity index (χ3n) is 1.40. The lowest BCUT2D eigenvalue weighted by atomic mass is 10.4. The van der Waals surface area contributed by atoms with Gasteiger partial charge < -0.3 is 0 Å². The van der Waals surface area contributed by atoms with Gasteiger partial charge in [0.1, 0.15) is 5.69 Å². The van der Waals surface area contributed by atoms with Crippen molar-refractivity contribution in [2.75, 3.05) is 0 Å². The Bertz CT molecular complexity index is 294. The van der Waals surface area contributed by atoms with E-state index in [2.05, 4.69) is 26.2 Å². The molecular formula is C6H7BrCl3N3. The lowest BCUT2D eigenvalue weighted by molar-refractivity contribution is 0.558. The molecular weight excluding hydrogens is 300 g/mol. The molecule has 0 radical (unpaired) electrons. The average molecular weight is 307 g/mol. The molecule has 0 saturated carbocycles. The molecule has 1 rings (SSSR count). The largest absolute Gasteiger partial charge is 0.244 e. The molecule has 1 aromatic rings. The quantitative estimate of drug-likeness (QED) is 0.785. The molecule has 0 spiro atoms. The van der Waals surface area contributed by atoms with Crippen LogP contribution in [0, 0.1) is 0 Å². The van der Waals surface area contributed by atoms with Crippen LogP contribution < -0.4 is 0 Å². The van der Waals surface area contributed by atoms with Crippen molar-refractivity contribution in [1.82, 2.24) is 15.0 Å². The van der Waals surface area contributed by atoms with Crippen LogP contribution in [0.4, 0.5) is 0 Å². The number of nitrogens with zero attached hydrogens (tertiary/aromatic N) is 3. The highest BCUT2D eigenvalue weighted by Gasteiger charge is 2.31. The Morgan fingerprint density at radius 2 is 2.08 bits per heavy atom. The van der Waals surface area contributed by atoms with Crippen LogP contribution in [-0.2, 0) is 10.3 Å². The summed E-state index contributed by atoms with van der Waals surface area (Å²) >= 11 is 20.4. The normalized spacial score (nSPS) is 12.1. The van der Waals surface area contributed by atoms with Crippen LogP contribution in [0.5, 0.6) is 0 Å². The van der Waals surface area contributed by atoms with E-state index in [9.17, 15) is 0 Å². The zero-order chi connectivity index (χ0) is 10.1. The number of aryl methyl sites for hydroxylation is 1. The molecule has 0 aliphatic carbocycles. The van der Waals surface area contributed by atoms with Crippen molar-refractivity contribution in [3.8, 4) is 0 Å². The zero-order valence-electron chi connectivity index (χ0n) is 6.77. The van der Waals surface area contributed by atoms with Crippen LogP contribution in [0.2, 0.25) is 0 Å². The van der Waals surface area contributed by atoms with Gasteiger partial charge >= 0.3 is 0 Å². The Kier molecular flexibility index (Phi) is 3.86. The fraction of sp³-hybridized carbons (Fsp3) is 0.667. The monoisotopic (exact) mass is 305 g/mol. The Labute approximate surface area is 99.5 Å². The van der Waals surface area contributed by atoms with E-state index >= 15 is 0 Å². The van der Waals surface area contributed by atoms with E-state index in [1.54, 1.807) is 4.68 Å². The second-order valence-electron chi connectivity index (χ2n) is 2.45. The van der Waals surface area contributed by atoms with Gasteiger partial charge in [0.05, 0.1) is 0 Å². The first-order valence-electron chi connectivity index (χ1n) is 3.63. The molecule has 1 aromatic heterocycles. The van der Waals surface area contributed by atoms with Crippen molar-refractivity contribution < 1.29 is 0 Å². The number of aromatic nitrogens is 3. The molecule has 74 valence electrons. The minimum atomic E-state index is -1.49. The zero-order valence-corrected chi connectivity index (χ0v) is 10.6. The minimum Gasteiger partial charge on any atom is -0.244 e. The van der Waals surface area contributed by atoms with E-state index in [0.717, 1.165) is 6.42 Å². The van der Waals surface area contributed by atoms with Gasteiger partial charge in [-0.05, 0) is 22.4 Å². The summed E-state index contributed by atoms with van der Waals surface area (Å²) < 4.78 is 0.565. The fourth-order valence-corrected chi connectivity index (χ4v) is 2.40. The van der Waals surface area contributed by atoms with Gasteiger partial charge in [0.25, 0.3) is 0 Å². The van der Waals surface area contributed by atoms with Crippen molar-refractivity contribution in [1.29, 1.82) is 0 Å². The summed E-state index contributed by atoms with van der Waals surface area (Å²) in [5, 5.41) is 7.62. The second-order valence-corrected chi connectivity index (χ2v) is 5.48. The van der Waals surface area contributed by atoms with Crippen LogP contribution in [0.3, 0.4) is 0 Å².